The Bertz CT molecular complexity index is 442. The molecule has 0 saturated heterocycles. The molecule has 6 heteroatoms. The number of hydrogen-bond donors (Lipinski definition) is 2. The number of rotatable bonds is 5. The molecule has 1 unspecified atom stereocenters. The average molecular weight is 258 g/mol. The number of carboxylic acid groups (broad SMARTS) is 1. The zero-order chi connectivity index (χ0) is 12.6. The van der Waals surface area contributed by atoms with Crippen LogP contribution in [0.25, 0.3) is 0 Å². The van der Waals surface area contributed by atoms with E-state index in [4.69, 9.17) is 11.6 Å². The third-order valence-electron chi connectivity index (χ3n) is 3.08. The molecule has 17 heavy (non-hydrogen) atoms. The average Bonchev–Trinajstić information content (AvgIpc) is 3.00. The Morgan fingerprint density at radius 3 is 2.82 bits per heavy atom. The molecule has 1 atom stereocenters. The summed E-state index contributed by atoms with van der Waals surface area (Å²) in [5.41, 5.74) is -0.210. The fraction of sp³-hybridized carbons (Fsp3) is 0.636. The number of carbonyl (C=O) groups is 1. The smallest absolute Gasteiger partial charge is 0.325 e. The van der Waals surface area contributed by atoms with Gasteiger partial charge in [-0.05, 0) is 26.7 Å². The van der Waals surface area contributed by atoms with E-state index in [0.717, 1.165) is 18.5 Å². The maximum Gasteiger partial charge on any atom is 0.325 e. The van der Waals surface area contributed by atoms with Gasteiger partial charge in [-0.2, -0.15) is 5.10 Å². The highest BCUT2D eigenvalue weighted by Gasteiger charge is 2.39. The Hall–Kier alpha value is -1.07. The first-order valence-electron chi connectivity index (χ1n) is 5.61. The number of aromatic nitrogens is 2. The van der Waals surface area contributed by atoms with Crippen LogP contribution in [0.4, 0.5) is 0 Å². The van der Waals surface area contributed by atoms with Crippen LogP contribution in [0.1, 0.15) is 25.5 Å². The molecule has 0 aliphatic heterocycles. The zero-order valence-corrected chi connectivity index (χ0v) is 10.7. The van der Waals surface area contributed by atoms with Crippen molar-refractivity contribution in [2.24, 2.45) is 0 Å². The van der Waals surface area contributed by atoms with E-state index in [9.17, 15) is 9.90 Å². The minimum absolute atomic E-state index is 0.275. The summed E-state index contributed by atoms with van der Waals surface area (Å²) in [7, 11) is 0. The minimum atomic E-state index is -0.999. The van der Waals surface area contributed by atoms with E-state index in [1.54, 1.807) is 11.6 Å². The van der Waals surface area contributed by atoms with Crippen molar-refractivity contribution in [2.75, 3.05) is 0 Å². The van der Waals surface area contributed by atoms with E-state index in [1.165, 1.54) is 6.20 Å². The molecular weight excluding hydrogens is 242 g/mol. The first kappa shape index (κ1) is 12.4. The largest absolute Gasteiger partial charge is 0.480 e. The summed E-state index contributed by atoms with van der Waals surface area (Å²) in [6.07, 6.45) is 3.62. The summed E-state index contributed by atoms with van der Waals surface area (Å²) in [6, 6.07) is 0.322. The number of hydrogen-bond acceptors (Lipinski definition) is 3. The molecule has 5 nitrogen and oxygen atoms in total. The molecule has 1 aromatic rings. The molecule has 1 aliphatic carbocycles. The van der Waals surface area contributed by atoms with Gasteiger partial charge in [-0.25, -0.2) is 0 Å². The quantitative estimate of drug-likeness (QED) is 0.838. The van der Waals surface area contributed by atoms with Crippen molar-refractivity contribution >= 4 is 17.6 Å². The van der Waals surface area contributed by atoms with Gasteiger partial charge in [0.25, 0.3) is 0 Å². The summed E-state index contributed by atoms with van der Waals surface area (Å²) in [5, 5.41) is 17.1. The summed E-state index contributed by atoms with van der Waals surface area (Å²) < 4.78 is 1.63. The van der Waals surface area contributed by atoms with Gasteiger partial charge in [0.2, 0.25) is 0 Å². The third-order valence-corrected chi connectivity index (χ3v) is 3.45. The Kier molecular flexibility index (Phi) is 3.14. The van der Waals surface area contributed by atoms with Crippen molar-refractivity contribution in [3.63, 3.8) is 0 Å². The van der Waals surface area contributed by atoms with Gasteiger partial charge in [0.15, 0.2) is 0 Å². The van der Waals surface area contributed by atoms with Crippen molar-refractivity contribution in [1.29, 1.82) is 0 Å². The second-order valence-corrected chi connectivity index (χ2v) is 5.20. The Morgan fingerprint density at radius 1 is 1.76 bits per heavy atom. The lowest BCUT2D eigenvalue weighted by Gasteiger charge is -2.26. The highest BCUT2D eigenvalue weighted by molar-refractivity contribution is 6.31. The maximum atomic E-state index is 11.4. The van der Waals surface area contributed by atoms with Crippen LogP contribution >= 0.6 is 11.6 Å². The number of carboxylic acids is 1. The van der Waals surface area contributed by atoms with Gasteiger partial charge in [-0.1, -0.05) is 11.6 Å². The van der Waals surface area contributed by atoms with Gasteiger partial charge in [0.05, 0.1) is 23.5 Å². The van der Waals surface area contributed by atoms with Crippen molar-refractivity contribution in [1.82, 2.24) is 15.1 Å². The molecule has 1 heterocycles. The van der Waals surface area contributed by atoms with Crippen LogP contribution in [-0.2, 0) is 11.3 Å². The normalized spacial score (nSPS) is 19.0. The first-order valence-corrected chi connectivity index (χ1v) is 5.99. The summed E-state index contributed by atoms with van der Waals surface area (Å²) in [6.45, 7) is 3.79. The lowest BCUT2D eigenvalue weighted by Crippen LogP contribution is -2.53. The van der Waals surface area contributed by atoms with Crippen LogP contribution in [0.15, 0.2) is 6.20 Å². The highest BCUT2D eigenvalue weighted by atomic mass is 35.5. The van der Waals surface area contributed by atoms with Crippen molar-refractivity contribution in [3.8, 4) is 0 Å². The summed E-state index contributed by atoms with van der Waals surface area (Å²) >= 11 is 5.90. The van der Waals surface area contributed by atoms with Crippen LogP contribution in [0.2, 0.25) is 5.02 Å². The van der Waals surface area contributed by atoms with Crippen LogP contribution in [-0.4, -0.2) is 32.4 Å². The number of nitrogens with one attached hydrogen (secondary N) is 1. The molecule has 2 rings (SSSR count). The molecule has 0 radical (unpaired) electrons. The lowest BCUT2D eigenvalue weighted by atomic mass is 10.0. The molecule has 1 aliphatic rings. The Morgan fingerprint density at radius 2 is 2.41 bits per heavy atom. The molecule has 0 spiro atoms. The zero-order valence-electron chi connectivity index (χ0n) is 9.90. The van der Waals surface area contributed by atoms with Crippen molar-refractivity contribution in [2.45, 2.75) is 44.8 Å². The van der Waals surface area contributed by atoms with Gasteiger partial charge in [-0.15, -0.1) is 0 Å². The van der Waals surface area contributed by atoms with Crippen LogP contribution in [0.5, 0.6) is 0 Å². The fourth-order valence-corrected chi connectivity index (χ4v) is 1.88. The molecular formula is C11H16ClN3O2. The van der Waals surface area contributed by atoms with Gasteiger partial charge in [-0.3, -0.25) is 14.8 Å². The van der Waals surface area contributed by atoms with Crippen LogP contribution in [0.3, 0.4) is 0 Å². The Balaban J connectivity index is 2.16. The molecule has 0 aromatic carbocycles. The predicted molar refractivity (Wildman–Crippen MR) is 64.2 cm³/mol. The van der Waals surface area contributed by atoms with Gasteiger partial charge in [0, 0.05) is 6.04 Å². The highest BCUT2D eigenvalue weighted by Crippen LogP contribution is 2.24. The minimum Gasteiger partial charge on any atom is -0.480 e. The lowest BCUT2D eigenvalue weighted by molar-refractivity contribution is -0.145. The second-order valence-electron chi connectivity index (χ2n) is 4.79. The topological polar surface area (TPSA) is 67.2 Å². The van der Waals surface area contributed by atoms with E-state index in [1.807, 2.05) is 6.92 Å². The maximum absolute atomic E-state index is 11.4. The van der Waals surface area contributed by atoms with E-state index < -0.39 is 11.5 Å². The molecule has 1 fully saturated rings. The monoisotopic (exact) mass is 257 g/mol. The molecule has 94 valence electrons. The van der Waals surface area contributed by atoms with E-state index >= 15 is 0 Å². The molecule has 0 amide bonds. The van der Waals surface area contributed by atoms with E-state index in [-0.39, 0.29) is 6.54 Å². The predicted octanol–water partition coefficient (Wildman–Crippen LogP) is 1.44. The molecule has 0 bridgehead atoms. The standard InChI is InChI=1S/C11H16ClN3O2/c1-7-9(12)5-13-15(7)6-11(2,10(16)17)14-8-3-4-8/h5,8,14H,3-4,6H2,1-2H3,(H,16,17). The van der Waals surface area contributed by atoms with Crippen molar-refractivity contribution in [3.05, 3.63) is 16.9 Å². The first-order chi connectivity index (χ1) is 7.92. The third kappa shape index (κ3) is 2.61. The van der Waals surface area contributed by atoms with E-state index in [0.29, 0.717) is 11.1 Å². The SMILES string of the molecule is Cc1c(Cl)cnn1CC(C)(NC1CC1)C(=O)O. The molecule has 1 aromatic heterocycles. The molecule has 1 saturated carbocycles. The number of aliphatic carboxylic acids is 1. The van der Waals surface area contributed by atoms with Crippen LogP contribution in [0, 0.1) is 6.92 Å². The van der Waals surface area contributed by atoms with Crippen LogP contribution < -0.4 is 5.32 Å². The van der Waals surface area contributed by atoms with E-state index in [2.05, 4.69) is 10.4 Å². The van der Waals surface area contributed by atoms with Gasteiger partial charge >= 0.3 is 5.97 Å². The summed E-state index contributed by atoms with van der Waals surface area (Å²) in [4.78, 5) is 11.4. The number of nitrogens with zero attached hydrogens (tertiary/aromatic N) is 2. The van der Waals surface area contributed by atoms with Crippen molar-refractivity contribution < 1.29 is 9.90 Å². The second kappa shape index (κ2) is 4.31. The summed E-state index contributed by atoms with van der Waals surface area (Å²) in [5.74, 6) is -0.865. The number of halogens is 1. The van der Waals surface area contributed by atoms with Gasteiger partial charge in [0.1, 0.15) is 5.54 Å². The fourth-order valence-electron chi connectivity index (χ4n) is 1.74. The van der Waals surface area contributed by atoms with Gasteiger partial charge < -0.3 is 5.11 Å². The Labute approximate surface area is 105 Å². The molecule has 2 N–H and O–H groups in total.